The maximum atomic E-state index is 6.95. The topological polar surface area (TPSA) is 18.5 Å². The van der Waals surface area contributed by atoms with Crippen LogP contribution in [0.25, 0.3) is 0 Å². The summed E-state index contributed by atoms with van der Waals surface area (Å²) >= 11 is -2.53. The molecule has 0 saturated carbocycles. The van der Waals surface area contributed by atoms with Gasteiger partial charge in [0.15, 0.2) is 0 Å². The quantitative estimate of drug-likeness (QED) is 0.0764. The van der Waals surface area contributed by atoms with E-state index in [-0.39, 0.29) is 5.41 Å². The Morgan fingerprint density at radius 1 is 0.476 bits per heavy atom. The summed E-state index contributed by atoms with van der Waals surface area (Å²) in [4.78, 5) is 15.3. The van der Waals surface area contributed by atoms with Crippen molar-refractivity contribution >= 4 is 53.9 Å². The molecule has 2 rings (SSSR count). The minimum atomic E-state index is -2.32. The third-order valence-corrected chi connectivity index (χ3v) is 29.2. The van der Waals surface area contributed by atoms with Crippen molar-refractivity contribution in [2.75, 3.05) is 13.2 Å². The van der Waals surface area contributed by atoms with Crippen LogP contribution in [0.1, 0.15) is 155 Å². The molecule has 42 heavy (non-hydrogen) atoms. The van der Waals surface area contributed by atoms with Crippen LogP contribution >= 0.6 is 11.3 Å². The zero-order valence-electron chi connectivity index (χ0n) is 29.7. The van der Waals surface area contributed by atoms with E-state index in [1.807, 2.05) is 0 Å². The van der Waals surface area contributed by atoms with Gasteiger partial charge in [-0.15, -0.1) is 0 Å². The Morgan fingerprint density at radius 3 is 1.05 bits per heavy atom. The van der Waals surface area contributed by atoms with E-state index in [4.69, 9.17) is 9.47 Å². The Labute approximate surface area is 276 Å². The first kappa shape index (κ1) is 39.1. The van der Waals surface area contributed by atoms with E-state index in [9.17, 15) is 0 Å². The van der Waals surface area contributed by atoms with Crippen molar-refractivity contribution in [3.8, 4) is 11.5 Å². The van der Waals surface area contributed by atoms with Gasteiger partial charge in [0.1, 0.15) is 0 Å². The molecule has 2 nitrogen and oxygen atoms in total. The second-order valence-electron chi connectivity index (χ2n) is 15.9. The Bertz CT molecular complexity index is 770. The van der Waals surface area contributed by atoms with E-state index >= 15 is 0 Å². The molecule has 0 N–H and O–H groups in total. The molecular weight excluding hydrogens is 746 g/mol. The van der Waals surface area contributed by atoms with E-state index in [1.54, 1.807) is 5.79 Å². The Morgan fingerprint density at radius 2 is 0.762 bits per heavy atom. The monoisotopic (exact) mass is 820 g/mol. The fourth-order valence-corrected chi connectivity index (χ4v) is 22.3. The van der Waals surface area contributed by atoms with Crippen molar-refractivity contribution < 1.29 is 9.47 Å². The van der Waals surface area contributed by atoms with E-state index in [1.165, 1.54) is 153 Å². The molecule has 2 heterocycles. The number of rotatable bonds is 24. The average molecular weight is 818 g/mol. The zero-order valence-corrected chi connectivity index (χ0v) is 36.2. The average Bonchev–Trinajstić information content (AvgIpc) is 3.23. The molecule has 1 aliphatic rings. The molecule has 1 aliphatic heterocycles. The molecule has 0 aliphatic carbocycles. The molecule has 1 aromatic heterocycles. The summed E-state index contributed by atoms with van der Waals surface area (Å²) < 4.78 is 17.1. The van der Waals surface area contributed by atoms with E-state index in [2.05, 4.69) is 54.8 Å². The van der Waals surface area contributed by atoms with Gasteiger partial charge in [0.2, 0.25) is 0 Å². The summed E-state index contributed by atoms with van der Waals surface area (Å²) in [6.07, 6.45) is 30.7. The first-order valence-corrected chi connectivity index (χ1v) is 39.3. The Kier molecular flexibility index (Phi) is 19.5. The van der Waals surface area contributed by atoms with Crippen LogP contribution in [0.5, 0.6) is 11.5 Å². The number of thiophene rings is 1. The molecule has 0 aromatic carbocycles. The molecule has 0 amide bonds. The molecule has 0 spiro atoms. The van der Waals surface area contributed by atoms with Crippen molar-refractivity contribution in [2.45, 2.75) is 185 Å². The molecule has 0 saturated heterocycles. The predicted octanol–water partition coefficient (Wildman–Crippen LogP) is 12.2. The molecule has 246 valence electrons. The second-order valence-corrected chi connectivity index (χ2v) is 47.5. The summed E-state index contributed by atoms with van der Waals surface area (Å²) in [7, 11) is 0. The van der Waals surface area contributed by atoms with Gasteiger partial charge in [-0.3, -0.25) is 0 Å². The van der Waals surface area contributed by atoms with Crippen LogP contribution in [0.2, 0.25) is 29.6 Å². The standard InChI is InChI=1S/C31H54O2S.6CH3.2Sn/c1-3-5-7-9-11-13-15-17-19-21-23-31(27-32-29-25-34-26-30(29)33-28-31)24-22-20-18-16-14-12-10-8-6-4-2;;;;;;;;/h3-24,27-28H2,1-2H3;6*1H3;;. The van der Waals surface area contributed by atoms with Crippen molar-refractivity contribution in [2.24, 2.45) is 5.41 Å². The van der Waals surface area contributed by atoms with Gasteiger partial charge in [-0.1, -0.05) is 65.2 Å². The van der Waals surface area contributed by atoms with E-state index in [0.29, 0.717) is 0 Å². The van der Waals surface area contributed by atoms with Gasteiger partial charge in [0.25, 0.3) is 0 Å². The summed E-state index contributed by atoms with van der Waals surface area (Å²) in [6, 6.07) is 0. The van der Waals surface area contributed by atoms with Gasteiger partial charge in [-0.05, 0) is 0 Å². The number of hydrogen-bond acceptors (Lipinski definition) is 3. The minimum absolute atomic E-state index is 0.187. The van der Waals surface area contributed by atoms with Crippen LogP contribution in [0, 0.1) is 5.41 Å². The molecule has 5 heteroatoms. The van der Waals surface area contributed by atoms with Gasteiger partial charge in [-0.25, -0.2) is 0 Å². The van der Waals surface area contributed by atoms with E-state index < -0.39 is 36.8 Å². The number of hydrogen-bond donors (Lipinski definition) is 0. The second kappa shape index (κ2) is 20.9. The maximum absolute atomic E-state index is 6.95. The fraction of sp³-hybridized carbons (Fsp3) is 0.892. The molecule has 0 fully saturated rings. The molecule has 0 bridgehead atoms. The zero-order chi connectivity index (χ0) is 30.9. The number of fused-ring (bicyclic) bond motifs is 1. The first-order valence-electron chi connectivity index (χ1n) is 18.5. The number of unbranched alkanes of at least 4 members (excludes halogenated alkanes) is 18. The van der Waals surface area contributed by atoms with Crippen molar-refractivity contribution in [3.05, 3.63) is 0 Å². The van der Waals surface area contributed by atoms with E-state index in [0.717, 1.165) is 13.2 Å². The van der Waals surface area contributed by atoms with Gasteiger partial charge in [0.05, 0.1) is 0 Å². The van der Waals surface area contributed by atoms with Crippen LogP contribution in [-0.2, 0) is 0 Å². The van der Waals surface area contributed by atoms with Gasteiger partial charge < -0.3 is 0 Å². The SMILES string of the molecule is CCCCCCCCCCCCC1(CCCCCCCCCCCC)COc2[c]([Sn]([CH3])([CH3])[CH3])s[c]([Sn]([CH3])([CH3])[CH3])c2OC1. The molecule has 0 atom stereocenters. The van der Waals surface area contributed by atoms with Crippen LogP contribution in [0.4, 0.5) is 0 Å². The van der Waals surface area contributed by atoms with Gasteiger partial charge in [0, 0.05) is 0 Å². The first-order chi connectivity index (χ1) is 20.0. The Hall–Kier alpha value is 0.897. The molecular formula is C37H72O2SSn2. The van der Waals surface area contributed by atoms with Gasteiger partial charge >= 0.3 is 213 Å². The van der Waals surface area contributed by atoms with Crippen LogP contribution in [-0.4, -0.2) is 50.0 Å². The normalized spacial score (nSPS) is 15.2. The number of ether oxygens (including phenoxy) is 2. The third kappa shape index (κ3) is 14.5. The van der Waals surface area contributed by atoms with Gasteiger partial charge in [-0.2, -0.15) is 0 Å². The predicted molar refractivity (Wildman–Crippen MR) is 197 cm³/mol. The molecule has 0 unspecified atom stereocenters. The van der Waals surface area contributed by atoms with Crippen LogP contribution in [0.15, 0.2) is 0 Å². The van der Waals surface area contributed by atoms with Crippen molar-refractivity contribution in [1.82, 2.24) is 0 Å². The molecule has 1 aromatic rings. The van der Waals surface area contributed by atoms with Crippen molar-refractivity contribution in [3.63, 3.8) is 0 Å². The summed E-state index contributed by atoms with van der Waals surface area (Å²) in [6.45, 7) is 6.37. The summed E-state index contributed by atoms with van der Waals surface area (Å²) in [5, 5.41) is 0. The Balaban J connectivity index is 1.96. The fourth-order valence-electron chi connectivity index (χ4n) is 6.53. The molecule has 0 radical (unpaired) electrons. The summed E-state index contributed by atoms with van der Waals surface area (Å²) in [5.74, 6) is 2.41. The third-order valence-electron chi connectivity index (χ3n) is 9.35. The van der Waals surface area contributed by atoms with Crippen LogP contribution < -0.4 is 15.3 Å². The van der Waals surface area contributed by atoms with Crippen LogP contribution in [0.3, 0.4) is 0 Å². The summed E-state index contributed by atoms with van der Waals surface area (Å²) in [5.41, 5.74) is 0.187. The van der Waals surface area contributed by atoms with Crippen molar-refractivity contribution in [1.29, 1.82) is 0 Å².